The molecule has 132 valence electrons. The molecule has 1 aliphatic carbocycles. The van der Waals surface area contributed by atoms with Gasteiger partial charge in [-0.05, 0) is 70.0 Å². The van der Waals surface area contributed by atoms with Crippen LogP contribution in [0.15, 0.2) is 24.5 Å². The van der Waals surface area contributed by atoms with Crippen LogP contribution in [0.4, 0.5) is 4.79 Å². The van der Waals surface area contributed by atoms with Crippen LogP contribution in [0.5, 0.6) is 0 Å². The summed E-state index contributed by atoms with van der Waals surface area (Å²) in [5.74, 6) is 1.18. The number of nitrogens with one attached hydrogen (secondary N) is 1. The van der Waals surface area contributed by atoms with Crippen molar-refractivity contribution in [2.75, 3.05) is 19.6 Å². The number of hydrogen-bond acceptors (Lipinski definition) is 4. The summed E-state index contributed by atoms with van der Waals surface area (Å²) in [6, 6.07) is 4.61. The smallest absolute Gasteiger partial charge is 0.410 e. The third-order valence-corrected chi connectivity index (χ3v) is 5.05. The molecule has 1 aromatic rings. The molecule has 5 heteroatoms. The summed E-state index contributed by atoms with van der Waals surface area (Å²) in [6.07, 6.45) is 6.99. The van der Waals surface area contributed by atoms with Crippen molar-refractivity contribution in [3.63, 3.8) is 0 Å². The van der Waals surface area contributed by atoms with Gasteiger partial charge in [-0.1, -0.05) is 6.07 Å². The molecule has 2 aliphatic rings. The zero-order valence-electron chi connectivity index (χ0n) is 15.0. The fourth-order valence-corrected chi connectivity index (χ4v) is 3.94. The van der Waals surface area contributed by atoms with Crippen molar-refractivity contribution in [2.24, 2.45) is 11.8 Å². The third kappa shape index (κ3) is 4.26. The highest BCUT2D eigenvalue weighted by Gasteiger charge is 2.44. The lowest BCUT2D eigenvalue weighted by atomic mass is 9.98. The first kappa shape index (κ1) is 17.2. The number of carbonyl (C=O) groups excluding carboxylic acids is 1. The number of amides is 1. The molecule has 1 amide bonds. The summed E-state index contributed by atoms with van der Waals surface area (Å²) in [5, 5.41) is 3.70. The summed E-state index contributed by atoms with van der Waals surface area (Å²) >= 11 is 0. The van der Waals surface area contributed by atoms with E-state index in [4.69, 9.17) is 4.74 Å². The molecule has 2 heterocycles. The lowest BCUT2D eigenvalue weighted by Gasteiger charge is -2.26. The Kier molecular flexibility index (Phi) is 5.09. The van der Waals surface area contributed by atoms with Crippen LogP contribution in [-0.4, -0.2) is 47.3 Å². The fourth-order valence-electron chi connectivity index (χ4n) is 3.94. The van der Waals surface area contributed by atoms with Gasteiger partial charge in [-0.2, -0.15) is 0 Å². The molecule has 24 heavy (non-hydrogen) atoms. The van der Waals surface area contributed by atoms with E-state index in [1.54, 1.807) is 0 Å². The van der Waals surface area contributed by atoms with Crippen LogP contribution in [0, 0.1) is 11.8 Å². The van der Waals surface area contributed by atoms with Crippen molar-refractivity contribution < 1.29 is 9.53 Å². The molecule has 1 saturated carbocycles. The van der Waals surface area contributed by atoms with E-state index in [9.17, 15) is 4.79 Å². The molecule has 0 radical (unpaired) electrons. The van der Waals surface area contributed by atoms with Crippen molar-refractivity contribution >= 4 is 6.09 Å². The van der Waals surface area contributed by atoms with Crippen molar-refractivity contribution in [3.05, 3.63) is 30.1 Å². The van der Waals surface area contributed by atoms with E-state index in [1.807, 2.05) is 44.1 Å². The summed E-state index contributed by atoms with van der Waals surface area (Å²) in [6.45, 7) is 8.40. The molecule has 1 aromatic heterocycles. The Balaban J connectivity index is 1.47. The topological polar surface area (TPSA) is 54.5 Å². The first-order valence-electron chi connectivity index (χ1n) is 9.02. The highest BCUT2D eigenvalue weighted by atomic mass is 16.6. The van der Waals surface area contributed by atoms with Gasteiger partial charge in [0.1, 0.15) is 5.60 Å². The Morgan fingerprint density at radius 3 is 2.92 bits per heavy atom. The minimum atomic E-state index is -0.420. The number of likely N-dealkylation sites (tertiary alicyclic amines) is 1. The molecule has 0 aromatic carbocycles. The van der Waals surface area contributed by atoms with Gasteiger partial charge >= 0.3 is 6.09 Å². The number of fused-ring (bicyclic) bond motifs is 1. The molecule has 2 fully saturated rings. The van der Waals surface area contributed by atoms with Gasteiger partial charge < -0.3 is 15.0 Å². The monoisotopic (exact) mass is 331 g/mol. The van der Waals surface area contributed by atoms with Crippen LogP contribution in [0.2, 0.25) is 0 Å². The van der Waals surface area contributed by atoms with Gasteiger partial charge in [0.05, 0.1) is 0 Å². The van der Waals surface area contributed by atoms with Crippen LogP contribution in [0.1, 0.15) is 39.2 Å². The second kappa shape index (κ2) is 7.09. The van der Waals surface area contributed by atoms with Crippen LogP contribution in [0.25, 0.3) is 0 Å². The lowest BCUT2D eigenvalue weighted by molar-refractivity contribution is 0.0278. The van der Waals surface area contributed by atoms with Gasteiger partial charge in [0.15, 0.2) is 0 Å². The van der Waals surface area contributed by atoms with E-state index in [1.165, 1.54) is 18.4 Å². The summed E-state index contributed by atoms with van der Waals surface area (Å²) in [4.78, 5) is 18.3. The molecular weight excluding hydrogens is 302 g/mol. The average Bonchev–Trinajstić information content (AvgIpc) is 3.08. The first-order chi connectivity index (χ1) is 11.4. The summed E-state index contributed by atoms with van der Waals surface area (Å²) in [5.41, 5.74) is 0.845. The third-order valence-electron chi connectivity index (χ3n) is 5.05. The van der Waals surface area contributed by atoms with E-state index in [0.717, 1.165) is 26.1 Å². The number of hydrogen-bond donors (Lipinski definition) is 1. The molecule has 1 saturated heterocycles. The van der Waals surface area contributed by atoms with Crippen molar-refractivity contribution in [1.82, 2.24) is 15.2 Å². The minimum Gasteiger partial charge on any atom is -0.444 e. The van der Waals surface area contributed by atoms with E-state index in [0.29, 0.717) is 17.9 Å². The maximum absolute atomic E-state index is 12.3. The second-order valence-corrected chi connectivity index (χ2v) is 8.06. The molecule has 3 atom stereocenters. The Morgan fingerprint density at radius 2 is 2.21 bits per heavy atom. The van der Waals surface area contributed by atoms with Crippen LogP contribution in [0.3, 0.4) is 0 Å². The Labute approximate surface area is 144 Å². The predicted octanol–water partition coefficient (Wildman–Crippen LogP) is 2.86. The first-order valence-corrected chi connectivity index (χ1v) is 9.02. The van der Waals surface area contributed by atoms with Crippen molar-refractivity contribution in [3.8, 4) is 0 Å². The number of carbonyl (C=O) groups is 1. The molecular formula is C19H29N3O2. The standard InChI is InChI=1S/C19H29N3O2/c1-19(2,3)24-18(23)22-12-15-6-7-17(16(15)13-22)21-10-8-14-5-4-9-20-11-14/h4-5,9,11,15-17,21H,6-8,10,12-13H2,1-3H3. The maximum Gasteiger partial charge on any atom is 0.410 e. The number of pyridine rings is 1. The highest BCUT2D eigenvalue weighted by molar-refractivity contribution is 5.68. The molecule has 1 N–H and O–H groups in total. The molecule has 1 aliphatic heterocycles. The fraction of sp³-hybridized carbons (Fsp3) is 0.684. The van der Waals surface area contributed by atoms with E-state index < -0.39 is 5.60 Å². The van der Waals surface area contributed by atoms with Gasteiger partial charge in [0.25, 0.3) is 0 Å². The number of rotatable bonds is 4. The van der Waals surface area contributed by atoms with Crippen LogP contribution in [-0.2, 0) is 11.2 Å². The van der Waals surface area contributed by atoms with E-state index in [2.05, 4.69) is 16.4 Å². The zero-order chi connectivity index (χ0) is 17.2. The zero-order valence-corrected chi connectivity index (χ0v) is 15.0. The van der Waals surface area contributed by atoms with Crippen molar-refractivity contribution in [2.45, 2.75) is 51.7 Å². The van der Waals surface area contributed by atoms with Gasteiger partial charge in [0, 0.05) is 31.5 Å². The van der Waals surface area contributed by atoms with Gasteiger partial charge in [-0.15, -0.1) is 0 Å². The molecule has 0 spiro atoms. The van der Waals surface area contributed by atoms with Gasteiger partial charge in [-0.3, -0.25) is 4.98 Å². The number of nitrogens with zero attached hydrogens (tertiary/aromatic N) is 2. The molecule has 5 nitrogen and oxygen atoms in total. The molecule has 0 bridgehead atoms. The van der Waals surface area contributed by atoms with Crippen LogP contribution >= 0.6 is 0 Å². The maximum atomic E-state index is 12.3. The normalized spacial score (nSPS) is 26.5. The SMILES string of the molecule is CC(C)(C)OC(=O)N1CC2CCC(NCCc3cccnc3)C2C1. The quantitative estimate of drug-likeness (QED) is 0.922. The second-order valence-electron chi connectivity index (χ2n) is 8.06. The molecule has 3 unspecified atom stereocenters. The lowest BCUT2D eigenvalue weighted by Crippen LogP contribution is -2.39. The minimum absolute atomic E-state index is 0.161. The predicted molar refractivity (Wildman–Crippen MR) is 93.8 cm³/mol. The van der Waals surface area contributed by atoms with Gasteiger partial charge in [0.2, 0.25) is 0 Å². The van der Waals surface area contributed by atoms with Crippen LogP contribution < -0.4 is 5.32 Å². The summed E-state index contributed by atoms with van der Waals surface area (Å²) in [7, 11) is 0. The van der Waals surface area contributed by atoms with Gasteiger partial charge in [-0.25, -0.2) is 4.79 Å². The summed E-state index contributed by atoms with van der Waals surface area (Å²) < 4.78 is 5.52. The highest BCUT2D eigenvalue weighted by Crippen LogP contribution is 2.38. The molecule has 3 rings (SSSR count). The largest absolute Gasteiger partial charge is 0.444 e. The Hall–Kier alpha value is -1.62. The average molecular weight is 331 g/mol. The van der Waals surface area contributed by atoms with E-state index >= 15 is 0 Å². The van der Waals surface area contributed by atoms with Crippen molar-refractivity contribution in [1.29, 1.82) is 0 Å². The Morgan fingerprint density at radius 1 is 1.38 bits per heavy atom. The number of ether oxygens (including phenoxy) is 1. The van der Waals surface area contributed by atoms with E-state index in [-0.39, 0.29) is 6.09 Å². The Bertz CT molecular complexity index is 555. The number of aromatic nitrogens is 1.